The van der Waals surface area contributed by atoms with Crippen LogP contribution in [-0.4, -0.2) is 29.7 Å². The molecule has 8 heteroatoms. The number of hydrogen-bond donors (Lipinski definition) is 2. The van der Waals surface area contributed by atoms with Crippen LogP contribution in [-0.2, 0) is 0 Å². The van der Waals surface area contributed by atoms with Gasteiger partial charge in [-0.15, -0.1) is 0 Å². The molecule has 2 N–H and O–H groups in total. The Bertz CT molecular complexity index is 342. The van der Waals surface area contributed by atoms with E-state index in [9.17, 15) is 17.6 Å². The Morgan fingerprint density at radius 1 is 1.12 bits per heavy atom. The van der Waals surface area contributed by atoms with Crippen LogP contribution in [0.4, 0.5) is 17.6 Å². The summed E-state index contributed by atoms with van der Waals surface area (Å²) in [5.74, 6) is -0.491. The van der Waals surface area contributed by atoms with E-state index in [1.165, 1.54) is 0 Å². The van der Waals surface area contributed by atoms with Gasteiger partial charge in [0.25, 0.3) is 0 Å². The van der Waals surface area contributed by atoms with Gasteiger partial charge in [-0.3, -0.25) is 0 Å². The SMILES string of the molecule is OB(O)c1ccc(OC(F)(F)C(F)F)cc1. The lowest BCUT2D eigenvalue weighted by atomic mass is 9.80. The van der Waals surface area contributed by atoms with Gasteiger partial charge in [0.2, 0.25) is 0 Å². The van der Waals surface area contributed by atoms with Crippen LogP contribution in [0.1, 0.15) is 0 Å². The van der Waals surface area contributed by atoms with E-state index in [4.69, 9.17) is 10.0 Å². The van der Waals surface area contributed by atoms with Gasteiger partial charge in [-0.2, -0.15) is 17.6 Å². The van der Waals surface area contributed by atoms with Gasteiger partial charge < -0.3 is 14.8 Å². The highest BCUT2D eigenvalue weighted by Gasteiger charge is 2.43. The second-order valence-corrected chi connectivity index (χ2v) is 2.91. The van der Waals surface area contributed by atoms with E-state index in [1.807, 2.05) is 0 Å². The molecule has 0 spiro atoms. The lowest BCUT2D eigenvalue weighted by Gasteiger charge is -2.16. The summed E-state index contributed by atoms with van der Waals surface area (Å²) in [7, 11) is -1.76. The molecule has 0 fully saturated rings. The van der Waals surface area contributed by atoms with Crippen LogP contribution in [0, 0.1) is 0 Å². The van der Waals surface area contributed by atoms with E-state index in [-0.39, 0.29) is 5.46 Å². The van der Waals surface area contributed by atoms with Crippen molar-refractivity contribution in [1.82, 2.24) is 0 Å². The highest BCUT2D eigenvalue weighted by Crippen LogP contribution is 2.26. The Morgan fingerprint density at radius 2 is 1.62 bits per heavy atom. The molecular formula is C8H7BF4O3. The third kappa shape index (κ3) is 3.11. The summed E-state index contributed by atoms with van der Waals surface area (Å²) in [4.78, 5) is 0. The largest absolute Gasteiger partial charge is 0.488 e. The van der Waals surface area contributed by atoms with Gasteiger partial charge in [-0.25, -0.2) is 0 Å². The molecule has 0 aliphatic heterocycles. The third-order valence-corrected chi connectivity index (χ3v) is 1.69. The molecule has 3 nitrogen and oxygen atoms in total. The van der Waals surface area contributed by atoms with Crippen LogP contribution >= 0.6 is 0 Å². The zero-order valence-corrected chi connectivity index (χ0v) is 7.78. The van der Waals surface area contributed by atoms with Crippen LogP contribution in [0.25, 0.3) is 0 Å². The zero-order chi connectivity index (χ0) is 12.3. The summed E-state index contributed by atoms with van der Waals surface area (Å²) >= 11 is 0. The van der Waals surface area contributed by atoms with E-state index in [0.29, 0.717) is 0 Å². The molecule has 0 bridgehead atoms. The molecule has 0 unspecified atom stereocenters. The minimum absolute atomic E-state index is 0.0349. The number of halogens is 4. The maximum Gasteiger partial charge on any atom is 0.488 e. The molecule has 1 aromatic carbocycles. The van der Waals surface area contributed by atoms with Gasteiger partial charge >= 0.3 is 19.7 Å². The summed E-state index contributed by atoms with van der Waals surface area (Å²) < 4.78 is 52.1. The molecule has 0 aliphatic carbocycles. The third-order valence-electron chi connectivity index (χ3n) is 1.69. The van der Waals surface area contributed by atoms with Gasteiger partial charge in [0, 0.05) is 0 Å². The van der Waals surface area contributed by atoms with Crippen molar-refractivity contribution < 1.29 is 32.3 Å². The minimum atomic E-state index is -4.57. The van der Waals surface area contributed by atoms with Gasteiger partial charge in [-0.05, 0) is 17.6 Å². The predicted octanol–water partition coefficient (Wildman–Crippen LogP) is 0.603. The van der Waals surface area contributed by atoms with Crippen LogP contribution in [0.15, 0.2) is 24.3 Å². The molecule has 0 aliphatic rings. The van der Waals surface area contributed by atoms with E-state index in [1.54, 1.807) is 0 Å². The van der Waals surface area contributed by atoms with Crippen molar-refractivity contribution in [3.8, 4) is 5.75 Å². The highest BCUT2D eigenvalue weighted by atomic mass is 19.3. The Labute approximate surface area is 88.4 Å². The first-order chi connectivity index (χ1) is 7.33. The smallest absolute Gasteiger partial charge is 0.428 e. The van der Waals surface area contributed by atoms with Crippen molar-refractivity contribution in [1.29, 1.82) is 0 Å². The number of alkyl halides is 4. The molecule has 0 atom stereocenters. The summed E-state index contributed by atoms with van der Waals surface area (Å²) in [6.07, 6.45) is -8.50. The number of benzene rings is 1. The molecule has 0 saturated carbocycles. The Balaban J connectivity index is 2.76. The average Bonchev–Trinajstić information content (AvgIpc) is 2.17. The topological polar surface area (TPSA) is 49.7 Å². The first-order valence-electron chi connectivity index (χ1n) is 4.14. The van der Waals surface area contributed by atoms with Crippen molar-refractivity contribution in [2.75, 3.05) is 0 Å². The van der Waals surface area contributed by atoms with Gasteiger partial charge in [0.1, 0.15) is 5.75 Å². The number of hydrogen-bond acceptors (Lipinski definition) is 3. The molecule has 0 heterocycles. The molecule has 0 amide bonds. The Hall–Kier alpha value is -1.28. The van der Waals surface area contributed by atoms with E-state index >= 15 is 0 Å². The standard InChI is InChI=1S/C8H7BF4O3/c10-7(11)8(12,13)16-6-3-1-5(2-4-6)9(14)15/h1-4,7,14-15H. The van der Waals surface area contributed by atoms with Crippen LogP contribution in [0.3, 0.4) is 0 Å². The molecule has 0 radical (unpaired) electrons. The van der Waals surface area contributed by atoms with Crippen molar-refractivity contribution in [3.05, 3.63) is 24.3 Å². The maximum absolute atomic E-state index is 12.4. The Morgan fingerprint density at radius 3 is 2.00 bits per heavy atom. The molecule has 1 rings (SSSR count). The lowest BCUT2D eigenvalue weighted by molar-refractivity contribution is -0.253. The van der Waals surface area contributed by atoms with E-state index in [0.717, 1.165) is 24.3 Å². The van der Waals surface area contributed by atoms with Crippen molar-refractivity contribution >= 4 is 12.6 Å². The molecule has 1 aromatic rings. The van der Waals surface area contributed by atoms with Crippen LogP contribution < -0.4 is 10.2 Å². The Kier molecular flexibility index (Phi) is 3.76. The molecule has 0 saturated heterocycles. The minimum Gasteiger partial charge on any atom is -0.428 e. The summed E-state index contributed by atoms with van der Waals surface area (Å²) in [6.45, 7) is 0. The van der Waals surface area contributed by atoms with Crippen molar-refractivity contribution in [2.24, 2.45) is 0 Å². The summed E-state index contributed by atoms with van der Waals surface area (Å²) in [5.41, 5.74) is 0.0349. The lowest BCUT2D eigenvalue weighted by Crippen LogP contribution is -2.34. The molecule has 0 aromatic heterocycles. The fourth-order valence-corrected chi connectivity index (χ4v) is 0.910. The van der Waals surface area contributed by atoms with Crippen LogP contribution in [0.2, 0.25) is 0 Å². The summed E-state index contributed by atoms with van der Waals surface area (Å²) in [6, 6.07) is 4.01. The second kappa shape index (κ2) is 4.71. The number of ether oxygens (including phenoxy) is 1. The first kappa shape index (κ1) is 12.8. The molecule has 88 valence electrons. The molecular weight excluding hydrogens is 231 g/mol. The fraction of sp³-hybridized carbons (Fsp3) is 0.250. The second-order valence-electron chi connectivity index (χ2n) is 2.91. The van der Waals surface area contributed by atoms with E-state index in [2.05, 4.69) is 4.74 Å². The predicted molar refractivity (Wildman–Crippen MR) is 47.8 cm³/mol. The fourth-order valence-electron chi connectivity index (χ4n) is 0.910. The van der Waals surface area contributed by atoms with Crippen molar-refractivity contribution in [2.45, 2.75) is 12.5 Å². The maximum atomic E-state index is 12.4. The van der Waals surface area contributed by atoms with Gasteiger partial charge in [-0.1, -0.05) is 12.1 Å². The van der Waals surface area contributed by atoms with Gasteiger partial charge in [0.05, 0.1) is 0 Å². The number of rotatable bonds is 4. The normalized spacial score (nSPS) is 11.7. The van der Waals surface area contributed by atoms with Gasteiger partial charge in [0.15, 0.2) is 0 Å². The van der Waals surface area contributed by atoms with E-state index < -0.39 is 25.4 Å². The highest BCUT2D eigenvalue weighted by molar-refractivity contribution is 6.58. The van der Waals surface area contributed by atoms with Crippen molar-refractivity contribution in [3.63, 3.8) is 0 Å². The first-order valence-corrected chi connectivity index (χ1v) is 4.14. The summed E-state index contributed by atoms with van der Waals surface area (Å²) in [5, 5.41) is 17.4. The zero-order valence-electron chi connectivity index (χ0n) is 7.78. The monoisotopic (exact) mass is 238 g/mol. The molecule has 16 heavy (non-hydrogen) atoms. The average molecular weight is 238 g/mol. The quantitative estimate of drug-likeness (QED) is 0.596. The van der Waals surface area contributed by atoms with Crippen LogP contribution in [0.5, 0.6) is 5.75 Å².